The van der Waals surface area contributed by atoms with Gasteiger partial charge in [-0.25, -0.2) is 8.42 Å². The maximum atomic E-state index is 14.4. The van der Waals surface area contributed by atoms with E-state index in [0.717, 1.165) is 47.5 Å². The fourth-order valence-corrected chi connectivity index (χ4v) is 7.21. The number of methoxy groups -OCH3 is 3. The summed E-state index contributed by atoms with van der Waals surface area (Å²) in [5.74, 6) is 0.470. The van der Waals surface area contributed by atoms with Gasteiger partial charge in [0.1, 0.15) is 18.3 Å². The Kier molecular flexibility index (Phi) is 11.9. The molecule has 10 nitrogen and oxygen atoms in total. The molecule has 248 valence electrons. The van der Waals surface area contributed by atoms with Crippen LogP contribution < -0.4 is 23.8 Å². The summed E-state index contributed by atoms with van der Waals surface area (Å²) in [5.41, 5.74) is 2.00. The van der Waals surface area contributed by atoms with E-state index in [1.54, 1.807) is 37.4 Å². The number of benzene rings is 3. The Balaban J connectivity index is 1.74. The van der Waals surface area contributed by atoms with Gasteiger partial charge in [0.05, 0.1) is 31.9 Å². The highest BCUT2D eigenvalue weighted by molar-refractivity contribution is 7.92. The molecule has 46 heavy (non-hydrogen) atoms. The summed E-state index contributed by atoms with van der Waals surface area (Å²) in [6.07, 6.45) is 5.39. The second kappa shape index (κ2) is 15.8. The number of amides is 2. The zero-order chi connectivity index (χ0) is 33.3. The smallest absolute Gasteiger partial charge is 0.264 e. The minimum Gasteiger partial charge on any atom is -0.497 e. The van der Waals surface area contributed by atoms with Crippen LogP contribution in [-0.2, 0) is 26.2 Å². The van der Waals surface area contributed by atoms with Gasteiger partial charge in [0, 0.05) is 18.7 Å². The first-order valence-electron chi connectivity index (χ1n) is 15.7. The molecule has 11 heteroatoms. The molecule has 0 bridgehead atoms. The number of hydrogen-bond donors (Lipinski definition) is 1. The summed E-state index contributed by atoms with van der Waals surface area (Å²) in [7, 11) is 0.173. The predicted molar refractivity (Wildman–Crippen MR) is 178 cm³/mol. The first kappa shape index (κ1) is 34.6. The Hall–Kier alpha value is -4.25. The van der Waals surface area contributed by atoms with Crippen LogP contribution in [0.15, 0.2) is 71.6 Å². The molecule has 3 aromatic rings. The average molecular weight is 652 g/mol. The van der Waals surface area contributed by atoms with E-state index >= 15 is 0 Å². The van der Waals surface area contributed by atoms with E-state index in [-0.39, 0.29) is 29.1 Å². The summed E-state index contributed by atoms with van der Waals surface area (Å²) in [4.78, 5) is 29.6. The monoisotopic (exact) mass is 651 g/mol. The van der Waals surface area contributed by atoms with E-state index in [4.69, 9.17) is 14.2 Å². The predicted octanol–water partition coefficient (Wildman–Crippen LogP) is 5.47. The van der Waals surface area contributed by atoms with Crippen molar-refractivity contribution in [1.82, 2.24) is 10.2 Å². The van der Waals surface area contributed by atoms with Crippen LogP contribution in [0.3, 0.4) is 0 Å². The van der Waals surface area contributed by atoms with E-state index in [1.165, 1.54) is 37.3 Å². The maximum Gasteiger partial charge on any atom is 0.264 e. The third-order valence-electron chi connectivity index (χ3n) is 8.37. The zero-order valence-corrected chi connectivity index (χ0v) is 28.1. The quantitative estimate of drug-likeness (QED) is 0.246. The lowest BCUT2D eigenvalue weighted by Gasteiger charge is -2.34. The molecular formula is C35H45N3O7S. The Bertz CT molecular complexity index is 1590. The number of carbonyl (C=O) groups excluding carboxylic acids is 2. The van der Waals surface area contributed by atoms with Gasteiger partial charge in [-0.2, -0.15) is 0 Å². The second-order valence-corrected chi connectivity index (χ2v) is 13.4. The molecule has 0 aromatic heterocycles. The summed E-state index contributed by atoms with van der Waals surface area (Å²) in [5, 5.41) is 3.17. The van der Waals surface area contributed by atoms with Crippen LogP contribution in [0, 0.1) is 6.92 Å². The standard InChI is InChI=1S/C35H45N3O7S/c1-6-31(35(40)36-27-12-8-7-9-13-27)37(23-26-11-10-14-29(21-26)43-3)34(39)24-38(28-17-15-25(2)16-18-28)46(41,42)30-19-20-32(44-4)33(22-30)45-5/h10-11,14-22,27,31H,6-9,12-13,23-24H2,1-5H3,(H,36,40). The third-order valence-corrected chi connectivity index (χ3v) is 10.1. The molecule has 0 radical (unpaired) electrons. The molecule has 1 saturated carbocycles. The molecule has 1 N–H and O–H groups in total. The normalized spacial score (nSPS) is 14.2. The number of carbonyl (C=O) groups is 2. The van der Waals surface area contributed by atoms with Crippen LogP contribution in [0.5, 0.6) is 17.2 Å². The van der Waals surface area contributed by atoms with Crippen molar-refractivity contribution in [2.45, 2.75) is 75.9 Å². The van der Waals surface area contributed by atoms with E-state index in [9.17, 15) is 18.0 Å². The Morgan fingerprint density at radius 2 is 1.59 bits per heavy atom. The molecule has 0 aliphatic heterocycles. The van der Waals surface area contributed by atoms with Crippen molar-refractivity contribution in [3.63, 3.8) is 0 Å². The number of aryl methyl sites for hydroxylation is 1. The highest BCUT2D eigenvalue weighted by atomic mass is 32.2. The van der Waals surface area contributed by atoms with Crippen LogP contribution >= 0.6 is 0 Å². The lowest BCUT2D eigenvalue weighted by atomic mass is 9.95. The van der Waals surface area contributed by atoms with E-state index in [0.29, 0.717) is 23.6 Å². The highest BCUT2D eigenvalue weighted by Gasteiger charge is 2.35. The van der Waals surface area contributed by atoms with Gasteiger partial charge in [-0.3, -0.25) is 13.9 Å². The minimum atomic E-state index is -4.28. The van der Waals surface area contributed by atoms with Crippen molar-refractivity contribution in [2.75, 3.05) is 32.2 Å². The molecule has 0 saturated heterocycles. The number of nitrogens with one attached hydrogen (secondary N) is 1. The zero-order valence-electron chi connectivity index (χ0n) is 27.3. The van der Waals surface area contributed by atoms with Gasteiger partial charge in [-0.05, 0) is 68.1 Å². The molecule has 1 aliphatic rings. The average Bonchev–Trinajstić information content (AvgIpc) is 3.07. The molecule has 3 aromatic carbocycles. The summed E-state index contributed by atoms with van der Waals surface area (Å²) < 4.78 is 45.7. The molecule has 4 rings (SSSR count). The van der Waals surface area contributed by atoms with Crippen molar-refractivity contribution in [3.8, 4) is 17.2 Å². The van der Waals surface area contributed by atoms with E-state index in [2.05, 4.69) is 5.32 Å². The lowest BCUT2D eigenvalue weighted by Crippen LogP contribution is -2.54. The van der Waals surface area contributed by atoms with Crippen molar-refractivity contribution < 1.29 is 32.2 Å². The largest absolute Gasteiger partial charge is 0.497 e. The van der Waals surface area contributed by atoms with Gasteiger partial charge in [0.15, 0.2) is 11.5 Å². The Morgan fingerprint density at radius 1 is 0.891 bits per heavy atom. The summed E-state index contributed by atoms with van der Waals surface area (Å²) in [6, 6.07) is 17.7. The van der Waals surface area contributed by atoms with Gasteiger partial charge in [0.25, 0.3) is 10.0 Å². The first-order valence-corrected chi connectivity index (χ1v) is 17.1. The minimum absolute atomic E-state index is 0.0542. The van der Waals surface area contributed by atoms with Gasteiger partial charge < -0.3 is 24.4 Å². The topological polar surface area (TPSA) is 114 Å². The number of nitrogens with zero attached hydrogens (tertiary/aromatic N) is 2. The van der Waals surface area contributed by atoms with Crippen LogP contribution in [-0.4, -0.2) is 65.1 Å². The first-order chi connectivity index (χ1) is 22.1. The van der Waals surface area contributed by atoms with Crippen molar-refractivity contribution >= 4 is 27.5 Å². The molecule has 1 atom stereocenters. The van der Waals surface area contributed by atoms with E-state index < -0.39 is 28.5 Å². The van der Waals surface area contributed by atoms with Gasteiger partial charge in [-0.1, -0.05) is 56.0 Å². The molecule has 2 amide bonds. The van der Waals surface area contributed by atoms with Crippen LogP contribution in [0.2, 0.25) is 0 Å². The third kappa shape index (κ3) is 8.31. The highest BCUT2D eigenvalue weighted by Crippen LogP contribution is 2.32. The van der Waals surface area contributed by atoms with Crippen LogP contribution in [0.1, 0.15) is 56.6 Å². The molecule has 1 aliphatic carbocycles. The molecule has 1 fully saturated rings. The van der Waals surface area contributed by atoms with Crippen LogP contribution in [0.4, 0.5) is 5.69 Å². The van der Waals surface area contributed by atoms with Crippen molar-refractivity contribution in [1.29, 1.82) is 0 Å². The van der Waals surface area contributed by atoms with Gasteiger partial charge >= 0.3 is 0 Å². The Labute approximate surface area is 272 Å². The number of hydrogen-bond acceptors (Lipinski definition) is 7. The van der Waals surface area contributed by atoms with E-state index in [1.807, 2.05) is 32.0 Å². The maximum absolute atomic E-state index is 14.4. The lowest BCUT2D eigenvalue weighted by molar-refractivity contribution is -0.140. The number of sulfonamides is 1. The Morgan fingerprint density at radius 3 is 2.22 bits per heavy atom. The number of ether oxygens (including phenoxy) is 3. The molecule has 0 spiro atoms. The van der Waals surface area contributed by atoms with Crippen molar-refractivity contribution in [2.24, 2.45) is 0 Å². The number of rotatable bonds is 14. The van der Waals surface area contributed by atoms with Crippen molar-refractivity contribution in [3.05, 3.63) is 77.9 Å². The molecular weight excluding hydrogens is 606 g/mol. The molecule has 0 heterocycles. The fraction of sp³-hybridized carbons (Fsp3) is 0.429. The number of anilines is 1. The van der Waals surface area contributed by atoms with Crippen LogP contribution in [0.25, 0.3) is 0 Å². The SMILES string of the molecule is CCC(C(=O)NC1CCCCC1)N(Cc1cccc(OC)c1)C(=O)CN(c1ccc(C)cc1)S(=O)(=O)c1ccc(OC)c(OC)c1. The summed E-state index contributed by atoms with van der Waals surface area (Å²) >= 11 is 0. The second-order valence-electron chi connectivity index (χ2n) is 11.5. The fourth-order valence-electron chi connectivity index (χ4n) is 5.78. The van der Waals surface area contributed by atoms with Gasteiger partial charge in [-0.15, -0.1) is 0 Å². The summed E-state index contributed by atoms with van der Waals surface area (Å²) in [6.45, 7) is 3.31. The van der Waals surface area contributed by atoms with Gasteiger partial charge in [0.2, 0.25) is 11.8 Å². The molecule has 1 unspecified atom stereocenters.